The molecule has 0 aromatic heterocycles. The van der Waals surface area contributed by atoms with Crippen LogP contribution in [-0.4, -0.2) is 25.9 Å². The van der Waals surface area contributed by atoms with Crippen molar-refractivity contribution in [3.63, 3.8) is 0 Å². The Morgan fingerprint density at radius 2 is 2.06 bits per heavy atom. The molecule has 0 amide bonds. The van der Waals surface area contributed by atoms with Crippen LogP contribution in [0.25, 0.3) is 0 Å². The van der Waals surface area contributed by atoms with E-state index in [1.165, 1.54) is 0 Å². The average Bonchev–Trinajstić information content (AvgIpc) is 2.38. The van der Waals surface area contributed by atoms with Crippen molar-refractivity contribution in [2.24, 2.45) is 5.73 Å². The summed E-state index contributed by atoms with van der Waals surface area (Å²) in [5.41, 5.74) is 6.94. The van der Waals surface area contributed by atoms with Gasteiger partial charge in [0.2, 0.25) is 0 Å². The highest BCUT2D eigenvalue weighted by atomic mass is 79.9. The summed E-state index contributed by atoms with van der Waals surface area (Å²) < 4.78 is 12.5. The number of benzene rings is 1. The number of halogens is 1. The summed E-state index contributed by atoms with van der Waals surface area (Å²) in [5.74, 6) is 0. The first-order chi connectivity index (χ1) is 8.31. The minimum atomic E-state index is -0.0336. The van der Waals surface area contributed by atoms with E-state index in [9.17, 15) is 0 Å². The van der Waals surface area contributed by atoms with E-state index in [0.29, 0.717) is 6.54 Å². The fourth-order valence-electron chi connectivity index (χ4n) is 2.04. The standard InChI is InChI=1S/C13H18BrNO2/c14-12-4-2-1-3-11(12)13(9-15)17-10-5-7-16-8-6-10/h1-4,10,13H,5-9,15H2. The third kappa shape index (κ3) is 3.52. The summed E-state index contributed by atoms with van der Waals surface area (Å²) in [4.78, 5) is 0. The van der Waals surface area contributed by atoms with Gasteiger partial charge in [0, 0.05) is 24.2 Å². The molecule has 0 radical (unpaired) electrons. The summed E-state index contributed by atoms with van der Waals surface area (Å²) >= 11 is 3.54. The number of hydrogen-bond acceptors (Lipinski definition) is 3. The van der Waals surface area contributed by atoms with Crippen LogP contribution < -0.4 is 5.73 Å². The molecule has 0 spiro atoms. The molecule has 1 aliphatic rings. The highest BCUT2D eigenvalue weighted by Crippen LogP contribution is 2.28. The zero-order valence-electron chi connectivity index (χ0n) is 9.77. The molecule has 1 aromatic carbocycles. The normalized spacial score (nSPS) is 19.2. The largest absolute Gasteiger partial charge is 0.381 e. The molecule has 1 unspecified atom stereocenters. The van der Waals surface area contributed by atoms with Crippen molar-refractivity contribution < 1.29 is 9.47 Å². The molecule has 0 bridgehead atoms. The Morgan fingerprint density at radius 3 is 2.71 bits per heavy atom. The summed E-state index contributed by atoms with van der Waals surface area (Å²) in [7, 11) is 0. The molecule has 0 aliphatic carbocycles. The molecule has 4 heteroatoms. The molecule has 3 nitrogen and oxygen atoms in total. The van der Waals surface area contributed by atoms with Crippen LogP contribution in [0.15, 0.2) is 28.7 Å². The second-order valence-corrected chi connectivity index (χ2v) is 5.05. The van der Waals surface area contributed by atoms with Crippen molar-refractivity contribution in [2.45, 2.75) is 25.0 Å². The van der Waals surface area contributed by atoms with E-state index < -0.39 is 0 Å². The highest BCUT2D eigenvalue weighted by Gasteiger charge is 2.21. The molecule has 1 heterocycles. The van der Waals surface area contributed by atoms with E-state index in [-0.39, 0.29) is 12.2 Å². The van der Waals surface area contributed by atoms with Crippen LogP contribution in [0, 0.1) is 0 Å². The monoisotopic (exact) mass is 299 g/mol. The van der Waals surface area contributed by atoms with Gasteiger partial charge in [-0.3, -0.25) is 0 Å². The minimum Gasteiger partial charge on any atom is -0.381 e. The molecule has 17 heavy (non-hydrogen) atoms. The van der Waals surface area contributed by atoms with Crippen molar-refractivity contribution >= 4 is 15.9 Å². The quantitative estimate of drug-likeness (QED) is 0.929. The minimum absolute atomic E-state index is 0.0336. The Balaban J connectivity index is 2.03. The predicted molar refractivity (Wildman–Crippen MR) is 70.9 cm³/mol. The Morgan fingerprint density at radius 1 is 1.35 bits per heavy atom. The maximum absolute atomic E-state index is 6.07. The fourth-order valence-corrected chi connectivity index (χ4v) is 2.58. The van der Waals surface area contributed by atoms with Crippen LogP contribution in [0.5, 0.6) is 0 Å². The summed E-state index contributed by atoms with van der Waals surface area (Å²) in [5, 5.41) is 0. The van der Waals surface area contributed by atoms with Gasteiger partial charge < -0.3 is 15.2 Å². The Hall–Kier alpha value is -0.420. The van der Waals surface area contributed by atoms with E-state index >= 15 is 0 Å². The van der Waals surface area contributed by atoms with Gasteiger partial charge in [-0.15, -0.1) is 0 Å². The summed E-state index contributed by atoms with van der Waals surface area (Å²) in [6.07, 6.45) is 2.15. The maximum atomic E-state index is 6.07. The molecular weight excluding hydrogens is 282 g/mol. The molecular formula is C13H18BrNO2. The van der Waals surface area contributed by atoms with Crippen molar-refractivity contribution in [3.8, 4) is 0 Å². The van der Waals surface area contributed by atoms with Gasteiger partial charge in [0.1, 0.15) is 0 Å². The smallest absolute Gasteiger partial charge is 0.0961 e. The van der Waals surface area contributed by atoms with E-state index in [2.05, 4.69) is 22.0 Å². The van der Waals surface area contributed by atoms with Crippen LogP contribution in [0.2, 0.25) is 0 Å². The lowest BCUT2D eigenvalue weighted by atomic mass is 10.1. The Labute approximate surface area is 110 Å². The van der Waals surface area contributed by atoms with Gasteiger partial charge in [-0.1, -0.05) is 34.1 Å². The SMILES string of the molecule is NCC(OC1CCOCC1)c1ccccc1Br. The lowest BCUT2D eigenvalue weighted by Gasteiger charge is -2.27. The van der Waals surface area contributed by atoms with Gasteiger partial charge in [-0.25, -0.2) is 0 Å². The van der Waals surface area contributed by atoms with Crippen LogP contribution >= 0.6 is 15.9 Å². The number of hydrogen-bond donors (Lipinski definition) is 1. The fraction of sp³-hybridized carbons (Fsp3) is 0.538. The first-order valence-electron chi connectivity index (χ1n) is 5.99. The second-order valence-electron chi connectivity index (χ2n) is 4.19. The molecule has 2 rings (SSSR count). The third-order valence-corrected chi connectivity index (χ3v) is 3.71. The average molecular weight is 300 g/mol. The molecule has 94 valence electrons. The van der Waals surface area contributed by atoms with Gasteiger partial charge in [-0.2, -0.15) is 0 Å². The van der Waals surface area contributed by atoms with E-state index in [4.69, 9.17) is 15.2 Å². The predicted octanol–water partition coefficient (Wildman–Crippen LogP) is 2.64. The maximum Gasteiger partial charge on any atom is 0.0961 e. The molecule has 1 saturated heterocycles. The second kappa shape index (κ2) is 6.50. The van der Waals surface area contributed by atoms with Gasteiger partial charge >= 0.3 is 0 Å². The lowest BCUT2D eigenvalue weighted by molar-refractivity contribution is -0.0667. The van der Waals surface area contributed by atoms with Crippen LogP contribution in [0.3, 0.4) is 0 Å². The molecule has 1 fully saturated rings. The third-order valence-electron chi connectivity index (χ3n) is 2.99. The summed E-state index contributed by atoms with van der Waals surface area (Å²) in [6.45, 7) is 2.08. The van der Waals surface area contributed by atoms with E-state index in [0.717, 1.165) is 36.1 Å². The molecule has 1 atom stereocenters. The Bertz CT molecular complexity index is 353. The van der Waals surface area contributed by atoms with E-state index in [1.54, 1.807) is 0 Å². The molecule has 1 aliphatic heterocycles. The zero-order valence-corrected chi connectivity index (χ0v) is 11.4. The van der Waals surface area contributed by atoms with E-state index in [1.807, 2.05) is 18.2 Å². The van der Waals surface area contributed by atoms with Crippen LogP contribution in [0.1, 0.15) is 24.5 Å². The number of nitrogens with two attached hydrogens (primary N) is 1. The highest BCUT2D eigenvalue weighted by molar-refractivity contribution is 9.10. The van der Waals surface area contributed by atoms with Crippen molar-refractivity contribution in [1.82, 2.24) is 0 Å². The van der Waals surface area contributed by atoms with Gasteiger partial charge in [0.05, 0.1) is 12.2 Å². The van der Waals surface area contributed by atoms with Crippen molar-refractivity contribution in [1.29, 1.82) is 0 Å². The topological polar surface area (TPSA) is 44.5 Å². The molecule has 2 N–H and O–H groups in total. The first-order valence-corrected chi connectivity index (χ1v) is 6.78. The van der Waals surface area contributed by atoms with Crippen molar-refractivity contribution in [3.05, 3.63) is 34.3 Å². The van der Waals surface area contributed by atoms with Gasteiger partial charge in [-0.05, 0) is 24.5 Å². The zero-order chi connectivity index (χ0) is 12.1. The van der Waals surface area contributed by atoms with Crippen LogP contribution in [-0.2, 0) is 9.47 Å². The van der Waals surface area contributed by atoms with Crippen LogP contribution in [0.4, 0.5) is 0 Å². The Kier molecular flexibility index (Phi) is 4.98. The van der Waals surface area contributed by atoms with Gasteiger partial charge in [0.25, 0.3) is 0 Å². The molecule has 1 aromatic rings. The number of ether oxygens (including phenoxy) is 2. The number of rotatable bonds is 4. The van der Waals surface area contributed by atoms with Crippen molar-refractivity contribution in [2.75, 3.05) is 19.8 Å². The van der Waals surface area contributed by atoms with Gasteiger partial charge in [0.15, 0.2) is 0 Å². The summed E-state index contributed by atoms with van der Waals surface area (Å²) in [6, 6.07) is 8.08. The molecule has 0 saturated carbocycles. The first kappa shape index (κ1) is 13.0. The lowest BCUT2D eigenvalue weighted by Crippen LogP contribution is -2.28.